The van der Waals surface area contributed by atoms with E-state index in [1.165, 1.54) is 0 Å². The van der Waals surface area contributed by atoms with Gasteiger partial charge in [0.2, 0.25) is 0 Å². The van der Waals surface area contributed by atoms with Gasteiger partial charge in [0.25, 0.3) is 0 Å². The van der Waals surface area contributed by atoms with E-state index in [-0.39, 0.29) is 6.23 Å². The van der Waals surface area contributed by atoms with Gasteiger partial charge >= 0.3 is 0 Å². The lowest BCUT2D eigenvalue weighted by Crippen LogP contribution is -2.20. The van der Waals surface area contributed by atoms with Gasteiger partial charge in [-0.2, -0.15) is 4.68 Å². The monoisotopic (exact) mass is 324 g/mol. The zero-order chi connectivity index (χ0) is 11.4. The lowest BCUT2D eigenvalue weighted by molar-refractivity contribution is 0.115. The maximum atomic E-state index is 5.37. The molecule has 1 aromatic rings. The van der Waals surface area contributed by atoms with Crippen molar-refractivity contribution in [2.45, 2.75) is 40.3 Å². The maximum Gasteiger partial charge on any atom is 0.167 e. The molecule has 0 saturated carbocycles. The van der Waals surface area contributed by atoms with Crippen molar-refractivity contribution in [3.63, 3.8) is 0 Å². The average molecular weight is 324 g/mol. The van der Waals surface area contributed by atoms with Gasteiger partial charge in [0.1, 0.15) is 23.0 Å². The Kier molecular flexibility index (Phi) is 4.91. The summed E-state index contributed by atoms with van der Waals surface area (Å²) in [6.45, 7) is 8.47. The van der Waals surface area contributed by atoms with Gasteiger partial charge in [0.05, 0.1) is 0 Å². The van der Waals surface area contributed by atoms with E-state index in [9.17, 15) is 0 Å². The summed E-state index contributed by atoms with van der Waals surface area (Å²) in [7, 11) is 0. The van der Waals surface area contributed by atoms with Crippen molar-refractivity contribution in [3.05, 3.63) is 5.82 Å². The Bertz CT molecular complexity index is 300. The summed E-state index contributed by atoms with van der Waals surface area (Å²) in [4.78, 5) is 0. The van der Waals surface area contributed by atoms with Crippen LogP contribution in [0.3, 0.4) is 0 Å². The summed E-state index contributed by atoms with van der Waals surface area (Å²) in [5, 5.41) is 11.7. The molecule has 1 atom stereocenters. The zero-order valence-electron chi connectivity index (χ0n) is 9.51. The van der Waals surface area contributed by atoms with Crippen molar-refractivity contribution in [1.29, 1.82) is 0 Å². The summed E-state index contributed by atoms with van der Waals surface area (Å²) in [6, 6.07) is 0. The highest BCUT2D eigenvalue weighted by Gasteiger charge is 2.21. The molecule has 15 heavy (non-hydrogen) atoms. The maximum absolute atomic E-state index is 5.37. The van der Waals surface area contributed by atoms with Crippen LogP contribution in [0, 0.1) is 11.8 Å². The van der Waals surface area contributed by atoms with E-state index in [4.69, 9.17) is 3.07 Å². The van der Waals surface area contributed by atoms with Crippen molar-refractivity contribution in [1.82, 2.24) is 20.2 Å². The molecular formula is C9H17IN4O. The van der Waals surface area contributed by atoms with E-state index in [2.05, 4.69) is 43.2 Å². The van der Waals surface area contributed by atoms with E-state index in [0.717, 1.165) is 12.2 Å². The first-order valence-corrected chi connectivity index (χ1v) is 5.98. The lowest BCUT2D eigenvalue weighted by atomic mass is 10.1. The Morgan fingerprint density at radius 1 is 1.33 bits per heavy atom. The van der Waals surface area contributed by atoms with Gasteiger partial charge in [-0.3, -0.25) is 3.07 Å². The number of tetrazole rings is 1. The van der Waals surface area contributed by atoms with Crippen LogP contribution in [-0.2, 0) is 9.49 Å². The number of nitrogens with zero attached hydrogens (tertiary/aromatic N) is 4. The van der Waals surface area contributed by atoms with E-state index in [1.807, 2.05) is 23.0 Å². The molecule has 0 amide bonds. The second-order valence-electron chi connectivity index (χ2n) is 4.36. The van der Waals surface area contributed by atoms with E-state index in [0.29, 0.717) is 11.8 Å². The highest BCUT2D eigenvalue weighted by atomic mass is 127. The number of rotatable bonds is 5. The zero-order valence-corrected chi connectivity index (χ0v) is 11.7. The van der Waals surface area contributed by atoms with Crippen molar-refractivity contribution in [2.75, 3.05) is 0 Å². The molecule has 0 N–H and O–H groups in total. The smallest absolute Gasteiger partial charge is 0.167 e. The number of aromatic nitrogens is 4. The van der Waals surface area contributed by atoms with Crippen LogP contribution in [0.4, 0.5) is 0 Å². The third-order valence-electron chi connectivity index (χ3n) is 2.05. The molecular weight excluding hydrogens is 307 g/mol. The molecule has 1 rings (SSSR count). The third kappa shape index (κ3) is 3.37. The minimum atomic E-state index is -0.0886. The van der Waals surface area contributed by atoms with E-state index in [1.54, 1.807) is 4.68 Å². The largest absolute Gasteiger partial charge is 0.288 e. The topological polar surface area (TPSA) is 52.8 Å². The second-order valence-corrected chi connectivity index (χ2v) is 4.87. The molecule has 1 heterocycles. The molecule has 0 aliphatic heterocycles. The molecule has 0 aliphatic rings. The molecule has 1 aromatic heterocycles. The minimum absolute atomic E-state index is 0.0886. The van der Waals surface area contributed by atoms with Crippen LogP contribution in [0.2, 0.25) is 0 Å². The predicted octanol–water partition coefficient (Wildman–Crippen LogP) is 2.39. The van der Waals surface area contributed by atoms with Crippen molar-refractivity contribution in [2.24, 2.45) is 11.8 Å². The highest BCUT2D eigenvalue weighted by molar-refractivity contribution is 14.1. The van der Waals surface area contributed by atoms with Gasteiger partial charge in [0.15, 0.2) is 12.1 Å². The molecule has 6 heteroatoms. The summed E-state index contributed by atoms with van der Waals surface area (Å²) in [6.07, 6.45) is 0.783. The molecule has 0 fully saturated rings. The Hall–Kier alpha value is -0.240. The lowest BCUT2D eigenvalue weighted by Gasteiger charge is -2.19. The first-order chi connectivity index (χ1) is 7.06. The fourth-order valence-electron chi connectivity index (χ4n) is 1.33. The summed E-state index contributed by atoms with van der Waals surface area (Å²) in [5.74, 6) is 1.77. The standard InChI is InChI=1S/C9H17IN4O/c1-6(2)5-8-11-12-13-14(8)9(15-10)7(3)4/h6-7,9H,5H2,1-4H3. The molecule has 0 bridgehead atoms. The number of hydrogen-bond acceptors (Lipinski definition) is 4. The molecule has 0 aromatic carbocycles. The van der Waals surface area contributed by atoms with Gasteiger partial charge < -0.3 is 0 Å². The Morgan fingerprint density at radius 2 is 2.00 bits per heavy atom. The van der Waals surface area contributed by atoms with Crippen LogP contribution >= 0.6 is 23.0 Å². The molecule has 0 saturated heterocycles. The van der Waals surface area contributed by atoms with Gasteiger partial charge in [-0.1, -0.05) is 27.7 Å². The Morgan fingerprint density at radius 3 is 2.47 bits per heavy atom. The van der Waals surface area contributed by atoms with Crippen molar-refractivity contribution < 1.29 is 3.07 Å². The van der Waals surface area contributed by atoms with E-state index < -0.39 is 0 Å². The fraction of sp³-hybridized carbons (Fsp3) is 0.889. The van der Waals surface area contributed by atoms with Crippen LogP contribution in [-0.4, -0.2) is 20.2 Å². The number of hydrogen-bond donors (Lipinski definition) is 0. The highest BCUT2D eigenvalue weighted by Crippen LogP contribution is 2.22. The summed E-state index contributed by atoms with van der Waals surface area (Å²) in [5.41, 5.74) is 0. The molecule has 86 valence electrons. The van der Waals surface area contributed by atoms with Gasteiger partial charge in [-0.15, -0.1) is 5.10 Å². The second kappa shape index (κ2) is 5.74. The molecule has 5 nitrogen and oxygen atoms in total. The number of halogens is 1. The van der Waals surface area contributed by atoms with Crippen LogP contribution in [0.25, 0.3) is 0 Å². The average Bonchev–Trinajstić information content (AvgIpc) is 2.53. The predicted molar refractivity (Wildman–Crippen MR) is 65.3 cm³/mol. The first-order valence-electron chi connectivity index (χ1n) is 5.10. The first kappa shape index (κ1) is 12.8. The van der Waals surface area contributed by atoms with Crippen molar-refractivity contribution >= 4 is 23.0 Å². The Labute approximate surface area is 104 Å². The van der Waals surface area contributed by atoms with Gasteiger partial charge in [0, 0.05) is 12.3 Å². The van der Waals surface area contributed by atoms with Gasteiger partial charge in [-0.25, -0.2) is 0 Å². The molecule has 0 spiro atoms. The van der Waals surface area contributed by atoms with Crippen LogP contribution in [0.15, 0.2) is 0 Å². The van der Waals surface area contributed by atoms with Crippen LogP contribution < -0.4 is 0 Å². The molecule has 0 aliphatic carbocycles. The summed E-state index contributed by atoms with van der Waals surface area (Å²) < 4.78 is 7.14. The van der Waals surface area contributed by atoms with Crippen molar-refractivity contribution in [3.8, 4) is 0 Å². The minimum Gasteiger partial charge on any atom is -0.288 e. The molecule has 0 radical (unpaired) electrons. The Balaban J connectivity index is 2.87. The van der Waals surface area contributed by atoms with Gasteiger partial charge in [-0.05, 0) is 16.3 Å². The quantitative estimate of drug-likeness (QED) is 0.781. The SMILES string of the molecule is CC(C)Cc1nnnn1C(OI)C(C)C. The summed E-state index contributed by atoms with van der Waals surface area (Å²) >= 11 is 1.90. The third-order valence-corrected chi connectivity index (χ3v) is 2.58. The normalized spacial score (nSPS) is 13.8. The molecule has 1 unspecified atom stereocenters. The van der Waals surface area contributed by atoms with E-state index >= 15 is 0 Å². The fourth-order valence-corrected chi connectivity index (χ4v) is 2.14. The van der Waals surface area contributed by atoms with Crippen LogP contribution in [0.5, 0.6) is 0 Å². The van der Waals surface area contributed by atoms with Crippen LogP contribution in [0.1, 0.15) is 39.7 Å².